The molecular formula is C12H21N3O2. The summed E-state index contributed by atoms with van der Waals surface area (Å²) in [5, 5.41) is 13.3. The van der Waals surface area contributed by atoms with E-state index in [2.05, 4.69) is 28.9 Å². The molecule has 0 spiro atoms. The largest absolute Gasteiger partial charge is 0.395 e. The number of hydrogen-bond donors (Lipinski definition) is 1. The molecule has 1 aliphatic rings. The van der Waals surface area contributed by atoms with E-state index < -0.39 is 0 Å². The predicted octanol–water partition coefficient (Wildman–Crippen LogP) is 1.22. The van der Waals surface area contributed by atoms with Crippen molar-refractivity contribution >= 4 is 0 Å². The molecule has 0 radical (unpaired) electrons. The minimum atomic E-state index is 0.205. The van der Waals surface area contributed by atoms with Crippen molar-refractivity contribution < 1.29 is 9.63 Å². The molecule has 0 saturated carbocycles. The number of aromatic nitrogens is 2. The molecule has 1 N–H and O–H groups in total. The fourth-order valence-corrected chi connectivity index (χ4v) is 2.43. The zero-order valence-corrected chi connectivity index (χ0v) is 10.6. The second kappa shape index (κ2) is 5.60. The van der Waals surface area contributed by atoms with E-state index >= 15 is 0 Å². The molecule has 5 nitrogen and oxygen atoms in total. The summed E-state index contributed by atoms with van der Waals surface area (Å²) < 4.78 is 5.22. The summed E-state index contributed by atoms with van der Waals surface area (Å²) in [5.74, 6) is 1.99. The van der Waals surface area contributed by atoms with Gasteiger partial charge in [0.25, 0.3) is 0 Å². The molecular weight excluding hydrogens is 218 g/mol. The minimum Gasteiger partial charge on any atom is -0.395 e. The lowest BCUT2D eigenvalue weighted by atomic mass is 10.0. The van der Waals surface area contributed by atoms with Gasteiger partial charge >= 0.3 is 0 Å². The number of aryl methyl sites for hydroxylation is 1. The first kappa shape index (κ1) is 12.5. The molecule has 1 fully saturated rings. The van der Waals surface area contributed by atoms with Crippen molar-refractivity contribution in [3.63, 3.8) is 0 Å². The van der Waals surface area contributed by atoms with Gasteiger partial charge in [-0.05, 0) is 25.3 Å². The molecule has 96 valence electrons. The molecule has 2 unspecified atom stereocenters. The molecule has 1 aromatic rings. The van der Waals surface area contributed by atoms with Gasteiger partial charge in [0.2, 0.25) is 5.89 Å². The van der Waals surface area contributed by atoms with Crippen molar-refractivity contribution in [2.75, 3.05) is 13.2 Å². The van der Waals surface area contributed by atoms with Crippen LogP contribution in [0.4, 0.5) is 0 Å². The van der Waals surface area contributed by atoms with Crippen LogP contribution in [-0.4, -0.2) is 39.3 Å². The summed E-state index contributed by atoms with van der Waals surface area (Å²) in [7, 11) is 0. The Hall–Kier alpha value is -0.940. The lowest BCUT2D eigenvalue weighted by molar-refractivity contribution is 0.123. The summed E-state index contributed by atoms with van der Waals surface area (Å²) in [5.41, 5.74) is 0. The summed E-state index contributed by atoms with van der Waals surface area (Å²) >= 11 is 0. The lowest BCUT2D eigenvalue weighted by Crippen LogP contribution is -2.34. The zero-order valence-electron chi connectivity index (χ0n) is 10.6. The number of likely N-dealkylation sites (tertiary alicyclic amines) is 1. The molecule has 1 aliphatic heterocycles. The highest BCUT2D eigenvalue weighted by atomic mass is 16.5. The Balaban J connectivity index is 1.95. The van der Waals surface area contributed by atoms with Gasteiger partial charge in [-0.1, -0.05) is 19.0 Å². The monoisotopic (exact) mass is 239 g/mol. The lowest BCUT2D eigenvalue weighted by Gasteiger charge is -2.23. The van der Waals surface area contributed by atoms with Gasteiger partial charge in [0, 0.05) is 12.5 Å². The van der Waals surface area contributed by atoms with E-state index in [-0.39, 0.29) is 12.6 Å². The Kier molecular flexibility index (Phi) is 4.12. The van der Waals surface area contributed by atoms with Crippen LogP contribution < -0.4 is 0 Å². The standard InChI is InChI=1S/C12H21N3O2/c1-3-4-11-13-12(17-14-11)7-15-6-5-9(2)10(15)8-16/h9-10,16H,3-8H2,1-2H3. The highest BCUT2D eigenvalue weighted by molar-refractivity contribution is 4.90. The topological polar surface area (TPSA) is 62.4 Å². The third-order valence-electron chi connectivity index (χ3n) is 3.51. The molecule has 2 rings (SSSR count). The van der Waals surface area contributed by atoms with Crippen molar-refractivity contribution in [1.82, 2.24) is 15.0 Å². The summed E-state index contributed by atoms with van der Waals surface area (Å²) in [6.07, 6.45) is 3.02. The van der Waals surface area contributed by atoms with Gasteiger partial charge in [-0.2, -0.15) is 4.98 Å². The highest BCUT2D eigenvalue weighted by Crippen LogP contribution is 2.24. The van der Waals surface area contributed by atoms with E-state index in [9.17, 15) is 5.11 Å². The molecule has 0 aromatic carbocycles. The molecule has 0 bridgehead atoms. The summed E-state index contributed by atoms with van der Waals surface area (Å²) in [6.45, 7) is 6.14. The van der Waals surface area contributed by atoms with Crippen LogP contribution >= 0.6 is 0 Å². The van der Waals surface area contributed by atoms with Crippen LogP contribution in [-0.2, 0) is 13.0 Å². The Labute approximate surface area is 102 Å². The Morgan fingerprint density at radius 3 is 3.06 bits per heavy atom. The molecule has 5 heteroatoms. The van der Waals surface area contributed by atoms with Crippen LogP contribution in [0.25, 0.3) is 0 Å². The number of aliphatic hydroxyl groups excluding tert-OH is 1. The van der Waals surface area contributed by atoms with E-state index in [1.807, 2.05) is 0 Å². The van der Waals surface area contributed by atoms with Crippen LogP contribution in [0, 0.1) is 5.92 Å². The van der Waals surface area contributed by atoms with Gasteiger partial charge < -0.3 is 9.63 Å². The molecule has 0 amide bonds. The van der Waals surface area contributed by atoms with E-state index in [0.717, 1.165) is 31.6 Å². The smallest absolute Gasteiger partial charge is 0.240 e. The highest BCUT2D eigenvalue weighted by Gasteiger charge is 2.31. The van der Waals surface area contributed by atoms with Crippen LogP contribution in [0.1, 0.15) is 38.4 Å². The van der Waals surface area contributed by atoms with Crippen LogP contribution in [0.3, 0.4) is 0 Å². The first-order valence-electron chi connectivity index (χ1n) is 6.41. The fraction of sp³-hybridized carbons (Fsp3) is 0.833. The second-order valence-corrected chi connectivity index (χ2v) is 4.84. The van der Waals surface area contributed by atoms with Gasteiger partial charge in [-0.3, -0.25) is 4.90 Å². The minimum absolute atomic E-state index is 0.205. The number of nitrogens with zero attached hydrogens (tertiary/aromatic N) is 3. The average Bonchev–Trinajstić information content (AvgIpc) is 2.88. The van der Waals surface area contributed by atoms with Crippen molar-refractivity contribution in [3.8, 4) is 0 Å². The van der Waals surface area contributed by atoms with Crippen molar-refractivity contribution in [2.24, 2.45) is 5.92 Å². The molecule has 2 heterocycles. The first-order chi connectivity index (χ1) is 8.24. The second-order valence-electron chi connectivity index (χ2n) is 4.84. The van der Waals surface area contributed by atoms with Crippen LogP contribution in [0.5, 0.6) is 0 Å². The van der Waals surface area contributed by atoms with E-state index in [1.165, 1.54) is 0 Å². The van der Waals surface area contributed by atoms with E-state index in [1.54, 1.807) is 0 Å². The van der Waals surface area contributed by atoms with Crippen LogP contribution in [0.2, 0.25) is 0 Å². The quantitative estimate of drug-likeness (QED) is 0.837. The molecule has 0 aliphatic carbocycles. The summed E-state index contributed by atoms with van der Waals surface area (Å²) in [4.78, 5) is 6.59. The fourth-order valence-electron chi connectivity index (χ4n) is 2.43. The average molecular weight is 239 g/mol. The van der Waals surface area contributed by atoms with Gasteiger partial charge in [-0.25, -0.2) is 0 Å². The first-order valence-corrected chi connectivity index (χ1v) is 6.41. The van der Waals surface area contributed by atoms with E-state index in [0.29, 0.717) is 18.4 Å². The molecule has 1 saturated heterocycles. The zero-order chi connectivity index (χ0) is 12.3. The van der Waals surface area contributed by atoms with Crippen LogP contribution in [0.15, 0.2) is 4.52 Å². The third-order valence-corrected chi connectivity index (χ3v) is 3.51. The Bertz CT molecular complexity index is 353. The van der Waals surface area contributed by atoms with Crippen molar-refractivity contribution in [1.29, 1.82) is 0 Å². The number of rotatable bonds is 5. The van der Waals surface area contributed by atoms with Crippen molar-refractivity contribution in [3.05, 3.63) is 11.7 Å². The van der Waals surface area contributed by atoms with Gasteiger partial charge in [-0.15, -0.1) is 0 Å². The third kappa shape index (κ3) is 2.84. The maximum atomic E-state index is 9.37. The predicted molar refractivity (Wildman–Crippen MR) is 63.4 cm³/mol. The van der Waals surface area contributed by atoms with Gasteiger partial charge in [0.1, 0.15) is 0 Å². The van der Waals surface area contributed by atoms with Gasteiger partial charge in [0.05, 0.1) is 13.2 Å². The molecule has 2 atom stereocenters. The molecule has 17 heavy (non-hydrogen) atoms. The summed E-state index contributed by atoms with van der Waals surface area (Å²) in [6, 6.07) is 0.233. The number of aliphatic hydroxyl groups is 1. The molecule has 1 aromatic heterocycles. The number of hydrogen-bond acceptors (Lipinski definition) is 5. The van der Waals surface area contributed by atoms with Crippen molar-refractivity contribution in [2.45, 2.75) is 45.7 Å². The maximum Gasteiger partial charge on any atom is 0.240 e. The van der Waals surface area contributed by atoms with E-state index in [4.69, 9.17) is 4.52 Å². The Morgan fingerprint density at radius 1 is 1.53 bits per heavy atom. The maximum absolute atomic E-state index is 9.37. The Morgan fingerprint density at radius 2 is 2.35 bits per heavy atom. The van der Waals surface area contributed by atoms with Gasteiger partial charge in [0.15, 0.2) is 5.82 Å². The SMILES string of the molecule is CCCc1noc(CN2CCC(C)C2CO)n1. The normalized spacial score (nSPS) is 25.6.